The Morgan fingerprint density at radius 2 is 1.71 bits per heavy atom. The summed E-state index contributed by atoms with van der Waals surface area (Å²) in [4.78, 5) is 48.3. The fourth-order valence-corrected chi connectivity index (χ4v) is 2.92. The molecule has 3 rings (SSSR count). The summed E-state index contributed by atoms with van der Waals surface area (Å²) in [6, 6.07) is 12.2. The van der Waals surface area contributed by atoms with Crippen LogP contribution in [0.4, 0.5) is 5.69 Å². The van der Waals surface area contributed by atoms with Gasteiger partial charge in [-0.3, -0.25) is 19.2 Å². The van der Waals surface area contributed by atoms with Gasteiger partial charge in [-0.05, 0) is 62.1 Å². The highest BCUT2D eigenvalue weighted by atomic mass is 16.5. The van der Waals surface area contributed by atoms with E-state index in [2.05, 4.69) is 10.6 Å². The van der Waals surface area contributed by atoms with Crippen LogP contribution in [0.1, 0.15) is 57.5 Å². The molecule has 2 aromatic rings. The highest BCUT2D eigenvalue weighted by Crippen LogP contribution is 2.20. The van der Waals surface area contributed by atoms with Crippen molar-refractivity contribution in [3.8, 4) is 0 Å². The van der Waals surface area contributed by atoms with Crippen molar-refractivity contribution in [1.29, 1.82) is 0 Å². The van der Waals surface area contributed by atoms with Gasteiger partial charge in [0.05, 0.1) is 6.42 Å². The number of carbonyl (C=O) groups excluding carboxylic acids is 4. The molecule has 1 aliphatic rings. The van der Waals surface area contributed by atoms with Gasteiger partial charge < -0.3 is 15.4 Å². The molecular formula is C24H26N2O5. The van der Waals surface area contributed by atoms with E-state index >= 15 is 0 Å². The molecule has 2 aromatic carbocycles. The summed E-state index contributed by atoms with van der Waals surface area (Å²) in [7, 11) is 0. The van der Waals surface area contributed by atoms with E-state index in [0.717, 1.165) is 24.0 Å². The van der Waals surface area contributed by atoms with Crippen LogP contribution in [-0.4, -0.2) is 36.2 Å². The monoisotopic (exact) mass is 422 g/mol. The molecule has 7 heteroatoms. The second-order valence-electron chi connectivity index (χ2n) is 7.76. The predicted octanol–water partition coefficient (Wildman–Crippen LogP) is 3.34. The van der Waals surface area contributed by atoms with Crippen molar-refractivity contribution in [1.82, 2.24) is 5.32 Å². The van der Waals surface area contributed by atoms with Crippen LogP contribution >= 0.6 is 0 Å². The van der Waals surface area contributed by atoms with Gasteiger partial charge >= 0.3 is 5.97 Å². The second-order valence-corrected chi connectivity index (χ2v) is 7.76. The number of ketones is 1. The second kappa shape index (κ2) is 10.0. The van der Waals surface area contributed by atoms with Gasteiger partial charge in [0.15, 0.2) is 12.4 Å². The lowest BCUT2D eigenvalue weighted by molar-refractivity contribution is -0.147. The van der Waals surface area contributed by atoms with Gasteiger partial charge in [0.1, 0.15) is 0 Å². The molecule has 0 unspecified atom stereocenters. The fourth-order valence-electron chi connectivity index (χ4n) is 2.92. The third kappa shape index (κ3) is 6.77. The Morgan fingerprint density at radius 1 is 0.935 bits per heavy atom. The van der Waals surface area contributed by atoms with Crippen LogP contribution in [0, 0.1) is 13.8 Å². The Morgan fingerprint density at radius 3 is 2.42 bits per heavy atom. The van der Waals surface area contributed by atoms with Gasteiger partial charge in [-0.25, -0.2) is 0 Å². The summed E-state index contributed by atoms with van der Waals surface area (Å²) in [6.07, 6.45) is 1.89. The van der Waals surface area contributed by atoms with Crippen molar-refractivity contribution >= 4 is 29.3 Å². The number of Topliss-reactive ketones (excluding diaryl/α,β-unsaturated/α-hetero) is 1. The first-order valence-corrected chi connectivity index (χ1v) is 10.3. The van der Waals surface area contributed by atoms with Gasteiger partial charge in [0.2, 0.25) is 0 Å². The summed E-state index contributed by atoms with van der Waals surface area (Å²) >= 11 is 0. The molecule has 0 bridgehead atoms. The standard InChI is InChI=1S/C24H26N2O5/c1-15-6-7-17(12-16(15)2)21(27)10-11-23(29)31-14-22(28)25-20-5-3-4-18(13-20)24(30)26-19-8-9-19/h3-7,12-13,19H,8-11,14H2,1-2H3,(H,25,28)(H,26,30). The summed E-state index contributed by atoms with van der Waals surface area (Å²) in [5, 5.41) is 5.48. The quantitative estimate of drug-likeness (QED) is 0.477. The average Bonchev–Trinajstić information content (AvgIpc) is 3.56. The molecule has 7 nitrogen and oxygen atoms in total. The Kier molecular flexibility index (Phi) is 7.18. The number of benzene rings is 2. The van der Waals surface area contributed by atoms with Crippen LogP contribution < -0.4 is 10.6 Å². The third-order valence-electron chi connectivity index (χ3n) is 5.07. The van der Waals surface area contributed by atoms with E-state index in [1.807, 2.05) is 19.9 Å². The lowest BCUT2D eigenvalue weighted by atomic mass is 10.0. The molecule has 2 amide bonds. The van der Waals surface area contributed by atoms with E-state index in [4.69, 9.17) is 4.74 Å². The van der Waals surface area contributed by atoms with Gasteiger partial charge in [0, 0.05) is 29.3 Å². The molecule has 2 N–H and O–H groups in total. The number of nitrogens with one attached hydrogen (secondary N) is 2. The third-order valence-corrected chi connectivity index (χ3v) is 5.07. The molecule has 31 heavy (non-hydrogen) atoms. The topological polar surface area (TPSA) is 102 Å². The van der Waals surface area contributed by atoms with Crippen molar-refractivity contribution in [2.75, 3.05) is 11.9 Å². The van der Waals surface area contributed by atoms with Crippen LogP contribution in [0.3, 0.4) is 0 Å². The van der Waals surface area contributed by atoms with Crippen molar-refractivity contribution in [2.45, 2.75) is 45.6 Å². The number of hydrogen-bond donors (Lipinski definition) is 2. The summed E-state index contributed by atoms with van der Waals surface area (Å²) in [6.45, 7) is 3.43. The van der Waals surface area contributed by atoms with E-state index in [0.29, 0.717) is 16.8 Å². The van der Waals surface area contributed by atoms with Gasteiger partial charge in [-0.2, -0.15) is 0 Å². The SMILES string of the molecule is Cc1ccc(C(=O)CCC(=O)OCC(=O)Nc2cccc(C(=O)NC3CC3)c2)cc1C. The Balaban J connectivity index is 1.41. The molecule has 0 spiro atoms. The maximum absolute atomic E-state index is 12.2. The maximum atomic E-state index is 12.2. The van der Waals surface area contributed by atoms with E-state index in [-0.39, 0.29) is 30.6 Å². The highest BCUT2D eigenvalue weighted by Gasteiger charge is 2.23. The van der Waals surface area contributed by atoms with Crippen molar-refractivity contribution in [2.24, 2.45) is 0 Å². The number of carbonyl (C=O) groups is 4. The molecule has 0 radical (unpaired) electrons. The van der Waals surface area contributed by atoms with E-state index in [9.17, 15) is 19.2 Å². The number of ether oxygens (including phenoxy) is 1. The summed E-state index contributed by atoms with van der Waals surface area (Å²) in [5.74, 6) is -1.47. The first-order chi connectivity index (χ1) is 14.8. The van der Waals surface area contributed by atoms with Crippen LogP contribution in [0.15, 0.2) is 42.5 Å². The number of esters is 1. The Labute approximate surface area is 181 Å². The van der Waals surface area contributed by atoms with Crippen LogP contribution in [0.25, 0.3) is 0 Å². The largest absolute Gasteiger partial charge is 0.456 e. The Bertz CT molecular complexity index is 1010. The number of amides is 2. The molecule has 1 fully saturated rings. The van der Waals surface area contributed by atoms with Crippen molar-refractivity contribution in [3.05, 3.63) is 64.7 Å². The fraction of sp³-hybridized carbons (Fsp3) is 0.333. The molecule has 0 aromatic heterocycles. The summed E-state index contributed by atoms with van der Waals surface area (Å²) < 4.78 is 4.96. The minimum Gasteiger partial charge on any atom is -0.456 e. The first kappa shape index (κ1) is 22.2. The summed E-state index contributed by atoms with van der Waals surface area (Å²) in [5.41, 5.74) is 3.55. The van der Waals surface area contributed by atoms with Crippen molar-refractivity contribution < 1.29 is 23.9 Å². The normalized spacial score (nSPS) is 12.7. The van der Waals surface area contributed by atoms with E-state index in [1.165, 1.54) is 0 Å². The predicted molar refractivity (Wildman–Crippen MR) is 116 cm³/mol. The van der Waals surface area contributed by atoms with Gasteiger partial charge in [-0.15, -0.1) is 0 Å². The zero-order valence-electron chi connectivity index (χ0n) is 17.7. The minimum atomic E-state index is -0.620. The van der Waals surface area contributed by atoms with E-state index in [1.54, 1.807) is 36.4 Å². The molecule has 1 aliphatic carbocycles. The lowest BCUT2D eigenvalue weighted by Gasteiger charge is -2.09. The minimum absolute atomic E-state index is 0.0150. The van der Waals surface area contributed by atoms with E-state index < -0.39 is 18.5 Å². The molecule has 1 saturated carbocycles. The zero-order valence-corrected chi connectivity index (χ0v) is 17.7. The molecule has 162 valence electrons. The zero-order chi connectivity index (χ0) is 22.4. The molecule has 0 aliphatic heterocycles. The van der Waals surface area contributed by atoms with Gasteiger partial charge in [-0.1, -0.05) is 18.2 Å². The lowest BCUT2D eigenvalue weighted by Crippen LogP contribution is -2.25. The maximum Gasteiger partial charge on any atom is 0.306 e. The van der Waals surface area contributed by atoms with Crippen LogP contribution in [0.2, 0.25) is 0 Å². The van der Waals surface area contributed by atoms with Crippen LogP contribution in [0.5, 0.6) is 0 Å². The number of hydrogen-bond acceptors (Lipinski definition) is 5. The average molecular weight is 422 g/mol. The molecule has 0 heterocycles. The molecule has 0 saturated heterocycles. The Hall–Kier alpha value is -3.48. The van der Waals surface area contributed by atoms with Gasteiger partial charge in [0.25, 0.3) is 11.8 Å². The first-order valence-electron chi connectivity index (χ1n) is 10.3. The smallest absolute Gasteiger partial charge is 0.306 e. The number of aryl methyl sites for hydroxylation is 2. The number of rotatable bonds is 9. The number of anilines is 1. The van der Waals surface area contributed by atoms with Crippen LogP contribution in [-0.2, 0) is 14.3 Å². The highest BCUT2D eigenvalue weighted by molar-refractivity contribution is 5.99. The van der Waals surface area contributed by atoms with Crippen molar-refractivity contribution in [3.63, 3.8) is 0 Å². The molecular weight excluding hydrogens is 396 g/mol. The molecule has 0 atom stereocenters.